The molecule has 8 nitrogen and oxygen atoms in total. The van der Waals surface area contributed by atoms with Crippen LogP contribution in [-0.4, -0.2) is 36.4 Å². The van der Waals surface area contributed by atoms with Crippen molar-refractivity contribution in [3.63, 3.8) is 0 Å². The Hall–Kier alpha value is -3.65. The number of esters is 1. The molecule has 0 saturated carbocycles. The number of oxazole rings is 1. The number of carbonyl (C=O) groups is 3. The molecule has 166 valence electrons. The lowest BCUT2D eigenvalue weighted by Gasteiger charge is -2.07. The second-order valence-corrected chi connectivity index (χ2v) is 7.28. The molecule has 32 heavy (non-hydrogen) atoms. The third-order valence-corrected chi connectivity index (χ3v) is 4.85. The molecule has 3 aromatic rings. The molecule has 0 unspecified atom stereocenters. The van der Waals surface area contributed by atoms with Crippen LogP contribution in [0.3, 0.4) is 0 Å². The maximum atomic E-state index is 12.2. The zero-order chi connectivity index (χ0) is 22.9. The first kappa shape index (κ1) is 23.0. The number of hydrogen-bond donors (Lipinski definition) is 2. The number of nitrogens with zero attached hydrogens (tertiary/aromatic N) is 1. The van der Waals surface area contributed by atoms with Crippen LogP contribution in [0.2, 0.25) is 5.02 Å². The number of anilines is 1. The molecule has 0 aliphatic carbocycles. The number of aromatic nitrogens is 1. The van der Waals surface area contributed by atoms with E-state index in [2.05, 4.69) is 20.4 Å². The van der Waals surface area contributed by atoms with Crippen LogP contribution in [0.1, 0.15) is 17.9 Å². The van der Waals surface area contributed by atoms with Crippen molar-refractivity contribution in [3.05, 3.63) is 71.2 Å². The highest BCUT2D eigenvalue weighted by atomic mass is 35.5. The number of aryl methyl sites for hydroxylation is 1. The van der Waals surface area contributed by atoms with Crippen molar-refractivity contribution in [1.29, 1.82) is 0 Å². The van der Waals surface area contributed by atoms with Gasteiger partial charge in [-0.25, -0.2) is 4.98 Å². The van der Waals surface area contributed by atoms with E-state index in [0.29, 0.717) is 28.8 Å². The lowest BCUT2D eigenvalue weighted by Crippen LogP contribution is -2.31. The van der Waals surface area contributed by atoms with Crippen LogP contribution < -0.4 is 10.6 Å². The van der Waals surface area contributed by atoms with Crippen LogP contribution >= 0.6 is 11.6 Å². The minimum atomic E-state index is -0.513. The van der Waals surface area contributed by atoms with E-state index in [-0.39, 0.29) is 31.2 Å². The van der Waals surface area contributed by atoms with Crippen LogP contribution in [0.25, 0.3) is 11.3 Å². The first-order valence-corrected chi connectivity index (χ1v) is 10.2. The molecule has 3 rings (SSSR count). The highest BCUT2D eigenvalue weighted by molar-refractivity contribution is 6.33. The summed E-state index contributed by atoms with van der Waals surface area (Å²) in [6.07, 6.45) is 2.24. The minimum absolute atomic E-state index is 0.114. The fraction of sp³-hybridized carbons (Fsp3) is 0.217. The normalized spacial score (nSPS) is 10.4. The summed E-state index contributed by atoms with van der Waals surface area (Å²) in [7, 11) is 1.25. The highest BCUT2D eigenvalue weighted by Crippen LogP contribution is 2.28. The summed E-state index contributed by atoms with van der Waals surface area (Å²) >= 11 is 6.17. The molecule has 0 saturated heterocycles. The average Bonchev–Trinajstić information content (AvgIpc) is 3.26. The third-order valence-electron chi connectivity index (χ3n) is 4.52. The molecule has 0 aliphatic rings. The Morgan fingerprint density at radius 2 is 1.81 bits per heavy atom. The SMILES string of the molecule is COC(=O)CNC(=O)Cc1ccc(NC(=O)CCc2ncc(-c3ccccc3Cl)o2)cc1. The van der Waals surface area contributed by atoms with E-state index in [0.717, 1.165) is 11.1 Å². The Labute approximate surface area is 189 Å². The first-order chi connectivity index (χ1) is 15.4. The molecule has 0 aliphatic heterocycles. The average molecular weight is 456 g/mol. The number of rotatable bonds is 9. The molecule has 1 aromatic heterocycles. The first-order valence-electron chi connectivity index (χ1n) is 9.86. The van der Waals surface area contributed by atoms with E-state index in [4.69, 9.17) is 16.0 Å². The van der Waals surface area contributed by atoms with Gasteiger partial charge in [-0.3, -0.25) is 14.4 Å². The Bertz CT molecular complexity index is 1100. The summed E-state index contributed by atoms with van der Waals surface area (Å²) in [6.45, 7) is -0.173. The minimum Gasteiger partial charge on any atom is -0.468 e. The zero-order valence-corrected chi connectivity index (χ0v) is 18.1. The van der Waals surface area contributed by atoms with Crippen molar-refractivity contribution in [2.45, 2.75) is 19.3 Å². The number of ether oxygens (including phenoxy) is 1. The van der Waals surface area contributed by atoms with E-state index in [1.165, 1.54) is 7.11 Å². The molecule has 9 heteroatoms. The van der Waals surface area contributed by atoms with Crippen molar-refractivity contribution in [3.8, 4) is 11.3 Å². The standard InChI is InChI=1S/C23H22ClN3O5/c1-31-23(30)14-25-21(29)12-15-6-8-16(9-7-15)27-20(28)10-11-22-26-13-19(32-22)17-4-2-3-5-18(17)24/h2-9,13H,10-12,14H2,1H3,(H,25,29)(H,27,28). The van der Waals surface area contributed by atoms with Crippen LogP contribution in [0.15, 0.2) is 59.1 Å². The number of amides is 2. The van der Waals surface area contributed by atoms with Crippen molar-refractivity contribution in [1.82, 2.24) is 10.3 Å². The van der Waals surface area contributed by atoms with Crippen LogP contribution in [0.5, 0.6) is 0 Å². The summed E-state index contributed by atoms with van der Waals surface area (Å²) in [5, 5.41) is 5.83. The van der Waals surface area contributed by atoms with Crippen LogP contribution in [0, 0.1) is 0 Å². The van der Waals surface area contributed by atoms with E-state index in [1.807, 2.05) is 18.2 Å². The molecule has 2 N–H and O–H groups in total. The zero-order valence-electron chi connectivity index (χ0n) is 17.4. The summed E-state index contributed by atoms with van der Waals surface area (Å²) in [6, 6.07) is 14.2. The number of halogens is 1. The molecule has 0 radical (unpaired) electrons. The summed E-state index contributed by atoms with van der Waals surface area (Å²) in [5.74, 6) is 0.00204. The Balaban J connectivity index is 1.46. The number of methoxy groups -OCH3 is 1. The van der Waals surface area contributed by atoms with Gasteiger partial charge in [0.15, 0.2) is 11.7 Å². The van der Waals surface area contributed by atoms with Gasteiger partial charge in [-0.05, 0) is 29.8 Å². The number of nitrogens with one attached hydrogen (secondary N) is 2. The van der Waals surface area contributed by atoms with Gasteiger partial charge in [0.05, 0.1) is 24.8 Å². The maximum Gasteiger partial charge on any atom is 0.325 e. The molecular weight excluding hydrogens is 434 g/mol. The fourth-order valence-corrected chi connectivity index (χ4v) is 3.08. The van der Waals surface area contributed by atoms with Gasteiger partial charge in [-0.2, -0.15) is 0 Å². The lowest BCUT2D eigenvalue weighted by atomic mass is 10.1. The number of hydrogen-bond acceptors (Lipinski definition) is 6. The van der Waals surface area contributed by atoms with E-state index in [9.17, 15) is 14.4 Å². The van der Waals surface area contributed by atoms with Gasteiger partial charge >= 0.3 is 5.97 Å². The van der Waals surface area contributed by atoms with Crippen LogP contribution in [0.4, 0.5) is 5.69 Å². The van der Waals surface area contributed by atoms with Crippen molar-refractivity contribution >= 4 is 35.1 Å². The van der Waals surface area contributed by atoms with E-state index >= 15 is 0 Å². The molecule has 0 atom stereocenters. The molecular formula is C23H22ClN3O5. The molecule has 0 fully saturated rings. The molecule has 2 amide bonds. The number of benzene rings is 2. The molecule has 0 bridgehead atoms. The monoisotopic (exact) mass is 455 g/mol. The third kappa shape index (κ3) is 6.68. The van der Waals surface area contributed by atoms with Crippen molar-refractivity contribution in [2.75, 3.05) is 19.0 Å². The Morgan fingerprint density at radius 1 is 1.06 bits per heavy atom. The van der Waals surface area contributed by atoms with Gasteiger partial charge in [0, 0.05) is 24.1 Å². The van der Waals surface area contributed by atoms with Crippen molar-refractivity contribution < 1.29 is 23.5 Å². The van der Waals surface area contributed by atoms with E-state index < -0.39 is 5.97 Å². The maximum absolute atomic E-state index is 12.2. The van der Waals surface area contributed by atoms with Crippen molar-refractivity contribution in [2.24, 2.45) is 0 Å². The summed E-state index contributed by atoms with van der Waals surface area (Å²) < 4.78 is 10.2. The van der Waals surface area contributed by atoms with E-state index in [1.54, 1.807) is 36.5 Å². The van der Waals surface area contributed by atoms with Gasteiger partial charge in [-0.15, -0.1) is 0 Å². The molecule has 0 spiro atoms. The predicted molar refractivity (Wildman–Crippen MR) is 119 cm³/mol. The Morgan fingerprint density at radius 3 is 2.53 bits per heavy atom. The second kappa shape index (κ2) is 11.1. The lowest BCUT2D eigenvalue weighted by molar-refractivity contribution is -0.141. The van der Waals surface area contributed by atoms with Gasteiger partial charge in [-0.1, -0.05) is 35.9 Å². The highest BCUT2D eigenvalue weighted by Gasteiger charge is 2.12. The van der Waals surface area contributed by atoms with Gasteiger partial charge in [0.25, 0.3) is 0 Å². The summed E-state index contributed by atoms with van der Waals surface area (Å²) in [4.78, 5) is 39.3. The topological polar surface area (TPSA) is 111 Å². The molecule has 1 heterocycles. The number of carbonyl (C=O) groups excluding carboxylic acids is 3. The molecule has 2 aromatic carbocycles. The smallest absolute Gasteiger partial charge is 0.325 e. The Kier molecular flexibility index (Phi) is 7.99. The van der Waals surface area contributed by atoms with Gasteiger partial charge < -0.3 is 19.8 Å². The predicted octanol–water partition coefficient (Wildman–Crippen LogP) is 3.40. The summed E-state index contributed by atoms with van der Waals surface area (Å²) in [5.41, 5.74) is 2.10. The fourth-order valence-electron chi connectivity index (χ4n) is 2.85. The quantitative estimate of drug-likeness (QED) is 0.478. The van der Waals surface area contributed by atoms with Gasteiger partial charge in [0.2, 0.25) is 11.8 Å². The second-order valence-electron chi connectivity index (χ2n) is 6.87. The van der Waals surface area contributed by atoms with Crippen LogP contribution in [-0.2, 0) is 32.0 Å². The van der Waals surface area contributed by atoms with Gasteiger partial charge in [0.1, 0.15) is 6.54 Å². The largest absolute Gasteiger partial charge is 0.468 e.